The molecule has 0 spiro atoms. The van der Waals surface area contributed by atoms with E-state index in [1.165, 1.54) is 23.5 Å². The number of hydrogen-bond donors (Lipinski definition) is 1. The lowest BCUT2D eigenvalue weighted by Crippen LogP contribution is -2.23. The number of nitrogens with zero attached hydrogens (tertiary/aromatic N) is 1. The lowest BCUT2D eigenvalue weighted by Gasteiger charge is -2.05. The number of hydrogen-bond acceptors (Lipinski definition) is 6. The van der Waals surface area contributed by atoms with Crippen molar-refractivity contribution >= 4 is 38.9 Å². The van der Waals surface area contributed by atoms with Crippen LogP contribution in [-0.2, 0) is 32.5 Å². The largest absolute Gasteiger partial charge is 0.466 e. The summed E-state index contributed by atoms with van der Waals surface area (Å²) in [5.41, 5.74) is 0.741. The number of thiazole rings is 1. The Kier molecular flexibility index (Phi) is 6.73. The first-order chi connectivity index (χ1) is 11.4. The second-order valence-corrected chi connectivity index (χ2v) is 7.97. The molecule has 1 aromatic heterocycles. The van der Waals surface area contributed by atoms with E-state index in [9.17, 15) is 13.2 Å². The highest BCUT2D eigenvalue weighted by atomic mass is 35.5. The van der Waals surface area contributed by atoms with Gasteiger partial charge < -0.3 is 4.74 Å². The van der Waals surface area contributed by atoms with E-state index in [2.05, 4.69) is 9.71 Å². The number of benzene rings is 1. The normalized spacial score (nSPS) is 11.4. The van der Waals surface area contributed by atoms with Crippen LogP contribution in [0.2, 0.25) is 5.02 Å². The molecule has 0 saturated carbocycles. The summed E-state index contributed by atoms with van der Waals surface area (Å²) in [4.78, 5) is 15.7. The Hall–Kier alpha value is -1.48. The Morgan fingerprint density at radius 1 is 1.42 bits per heavy atom. The van der Waals surface area contributed by atoms with Crippen LogP contribution in [-0.4, -0.2) is 26.0 Å². The van der Waals surface area contributed by atoms with Crippen LogP contribution in [0.25, 0.3) is 0 Å². The van der Waals surface area contributed by atoms with Gasteiger partial charge in [0.05, 0.1) is 30.2 Å². The molecule has 0 aliphatic rings. The van der Waals surface area contributed by atoms with Gasteiger partial charge in [-0.05, 0) is 25.1 Å². The minimum atomic E-state index is -3.65. The van der Waals surface area contributed by atoms with E-state index in [1.807, 2.05) is 5.38 Å². The molecular formula is C15H17ClN2O4S2. The second kappa shape index (κ2) is 8.57. The maximum atomic E-state index is 12.2. The number of halogens is 1. The van der Waals surface area contributed by atoms with Gasteiger partial charge in [-0.1, -0.05) is 17.7 Å². The fraction of sp³-hybridized carbons (Fsp3) is 0.333. The quantitative estimate of drug-likeness (QED) is 0.703. The van der Waals surface area contributed by atoms with E-state index < -0.39 is 10.0 Å². The molecule has 0 radical (unpaired) electrons. The zero-order valence-electron chi connectivity index (χ0n) is 13.0. The molecule has 0 aliphatic heterocycles. The van der Waals surface area contributed by atoms with Crippen molar-refractivity contribution in [2.45, 2.75) is 31.2 Å². The summed E-state index contributed by atoms with van der Waals surface area (Å²) >= 11 is 7.15. The summed E-state index contributed by atoms with van der Waals surface area (Å²) in [7, 11) is -3.65. The van der Waals surface area contributed by atoms with Crippen molar-refractivity contribution in [1.29, 1.82) is 0 Å². The van der Waals surface area contributed by atoms with Gasteiger partial charge in [0.2, 0.25) is 10.0 Å². The predicted molar refractivity (Wildman–Crippen MR) is 92.5 cm³/mol. The minimum Gasteiger partial charge on any atom is -0.466 e. The molecule has 0 fully saturated rings. The van der Waals surface area contributed by atoms with Gasteiger partial charge in [0.15, 0.2) is 0 Å². The third kappa shape index (κ3) is 5.55. The highest BCUT2D eigenvalue weighted by Gasteiger charge is 2.15. The number of esters is 1. The van der Waals surface area contributed by atoms with Crippen LogP contribution < -0.4 is 4.72 Å². The minimum absolute atomic E-state index is 0.0823. The summed E-state index contributed by atoms with van der Waals surface area (Å²) in [6, 6.07) is 6.04. The highest BCUT2D eigenvalue weighted by molar-refractivity contribution is 7.89. The monoisotopic (exact) mass is 388 g/mol. The Morgan fingerprint density at radius 2 is 2.21 bits per heavy atom. The number of rotatable bonds is 8. The van der Waals surface area contributed by atoms with Crippen LogP contribution >= 0.6 is 22.9 Å². The molecule has 0 aliphatic carbocycles. The van der Waals surface area contributed by atoms with Crippen molar-refractivity contribution < 1.29 is 17.9 Å². The molecule has 0 saturated heterocycles. The van der Waals surface area contributed by atoms with Crippen LogP contribution in [0.15, 0.2) is 34.5 Å². The van der Waals surface area contributed by atoms with E-state index in [0.717, 1.165) is 5.69 Å². The third-order valence-electron chi connectivity index (χ3n) is 3.01. The summed E-state index contributed by atoms with van der Waals surface area (Å²) < 4.78 is 31.7. The standard InChI is InChI=1S/C15H17ClN2O4S2/c1-2-22-15(19)7-6-12-10-23-14(18-12)9-17-24(20,21)13-5-3-4-11(16)8-13/h3-5,8,10,17H,2,6-7,9H2,1H3. The maximum absolute atomic E-state index is 12.2. The van der Waals surface area contributed by atoms with E-state index in [1.54, 1.807) is 19.1 Å². The Labute approximate surface area is 149 Å². The smallest absolute Gasteiger partial charge is 0.306 e. The van der Waals surface area contributed by atoms with Gasteiger partial charge in [0.25, 0.3) is 0 Å². The molecule has 1 heterocycles. The summed E-state index contributed by atoms with van der Waals surface area (Å²) in [5, 5.41) is 2.79. The molecule has 2 aromatic rings. The summed E-state index contributed by atoms with van der Waals surface area (Å²) in [6.07, 6.45) is 0.724. The van der Waals surface area contributed by atoms with E-state index in [4.69, 9.17) is 16.3 Å². The topological polar surface area (TPSA) is 85.4 Å². The Bertz CT molecular complexity index is 805. The van der Waals surface area contributed by atoms with Gasteiger partial charge >= 0.3 is 5.97 Å². The first-order valence-corrected chi connectivity index (χ1v) is 9.99. The molecule has 1 aromatic carbocycles. The average molecular weight is 389 g/mol. The van der Waals surface area contributed by atoms with Crippen molar-refractivity contribution in [3.8, 4) is 0 Å². The lowest BCUT2D eigenvalue weighted by molar-refractivity contribution is -0.143. The molecule has 9 heteroatoms. The number of carbonyl (C=O) groups is 1. The van der Waals surface area contributed by atoms with Crippen LogP contribution in [0.1, 0.15) is 24.0 Å². The molecule has 1 N–H and O–H groups in total. The number of sulfonamides is 1. The van der Waals surface area contributed by atoms with Crippen molar-refractivity contribution in [2.75, 3.05) is 6.61 Å². The molecule has 24 heavy (non-hydrogen) atoms. The molecule has 2 rings (SSSR count). The van der Waals surface area contributed by atoms with Gasteiger partial charge in [-0.3, -0.25) is 4.79 Å². The van der Waals surface area contributed by atoms with E-state index in [-0.39, 0.29) is 23.8 Å². The first-order valence-electron chi connectivity index (χ1n) is 7.25. The Morgan fingerprint density at radius 3 is 2.92 bits per heavy atom. The van der Waals surface area contributed by atoms with Crippen LogP contribution in [0.5, 0.6) is 0 Å². The number of aryl methyl sites for hydroxylation is 1. The van der Waals surface area contributed by atoms with Gasteiger partial charge in [-0.25, -0.2) is 18.1 Å². The maximum Gasteiger partial charge on any atom is 0.306 e. The highest BCUT2D eigenvalue weighted by Crippen LogP contribution is 2.17. The first kappa shape index (κ1) is 18.9. The van der Waals surface area contributed by atoms with Crippen LogP contribution in [0, 0.1) is 0 Å². The third-order valence-corrected chi connectivity index (χ3v) is 5.54. The van der Waals surface area contributed by atoms with E-state index >= 15 is 0 Å². The van der Waals surface area contributed by atoms with Crippen molar-refractivity contribution in [1.82, 2.24) is 9.71 Å². The molecule has 6 nitrogen and oxygen atoms in total. The van der Waals surface area contributed by atoms with Gasteiger partial charge in [0.1, 0.15) is 5.01 Å². The molecule has 0 bridgehead atoms. The van der Waals surface area contributed by atoms with Gasteiger partial charge in [-0.15, -0.1) is 11.3 Å². The van der Waals surface area contributed by atoms with Gasteiger partial charge in [0, 0.05) is 16.8 Å². The molecule has 0 amide bonds. The number of ether oxygens (including phenoxy) is 1. The SMILES string of the molecule is CCOC(=O)CCc1csc(CNS(=O)(=O)c2cccc(Cl)c2)n1. The van der Waals surface area contributed by atoms with Crippen LogP contribution in [0.4, 0.5) is 0 Å². The second-order valence-electron chi connectivity index (χ2n) is 4.82. The fourth-order valence-corrected chi connectivity index (χ4v) is 4.03. The fourth-order valence-electron chi connectivity index (χ4n) is 1.88. The predicted octanol–water partition coefficient (Wildman–Crippen LogP) is 2.77. The zero-order valence-corrected chi connectivity index (χ0v) is 15.4. The number of nitrogens with one attached hydrogen (secondary N) is 1. The molecular weight excluding hydrogens is 372 g/mol. The molecule has 0 atom stereocenters. The molecule has 130 valence electrons. The van der Waals surface area contributed by atoms with Gasteiger partial charge in [-0.2, -0.15) is 0 Å². The van der Waals surface area contributed by atoms with Crippen molar-refractivity contribution in [2.24, 2.45) is 0 Å². The van der Waals surface area contributed by atoms with Crippen LogP contribution in [0.3, 0.4) is 0 Å². The summed E-state index contributed by atoms with van der Waals surface area (Å²) in [6.45, 7) is 2.19. The lowest BCUT2D eigenvalue weighted by atomic mass is 10.2. The van der Waals surface area contributed by atoms with Crippen molar-refractivity contribution in [3.63, 3.8) is 0 Å². The van der Waals surface area contributed by atoms with E-state index in [0.29, 0.717) is 23.1 Å². The average Bonchev–Trinajstić information content (AvgIpc) is 2.99. The number of aromatic nitrogens is 1. The number of carbonyl (C=O) groups excluding carboxylic acids is 1. The molecule has 0 unspecified atom stereocenters. The Balaban J connectivity index is 1.92. The zero-order chi connectivity index (χ0) is 17.6. The summed E-state index contributed by atoms with van der Waals surface area (Å²) in [5.74, 6) is -0.270. The van der Waals surface area contributed by atoms with Crippen molar-refractivity contribution in [3.05, 3.63) is 45.4 Å².